The van der Waals surface area contributed by atoms with Crippen molar-refractivity contribution >= 4 is 5.52 Å². The molecule has 0 unspecified atom stereocenters. The van der Waals surface area contributed by atoms with Gasteiger partial charge >= 0.3 is 0 Å². The number of hydrogen-bond acceptors (Lipinski definition) is 7. The summed E-state index contributed by atoms with van der Waals surface area (Å²) in [6.45, 7) is 2.36. The van der Waals surface area contributed by atoms with Crippen molar-refractivity contribution in [1.29, 1.82) is 0 Å². The van der Waals surface area contributed by atoms with E-state index in [1.807, 2.05) is 49.4 Å². The Bertz CT molecular complexity index is 1530. The zero-order valence-corrected chi connectivity index (χ0v) is 17.1. The molecule has 9 nitrogen and oxygen atoms in total. The second kappa shape index (κ2) is 7.09. The summed E-state index contributed by atoms with van der Waals surface area (Å²) in [5.74, 6) is 2.22. The molecule has 0 amide bonds. The molecule has 32 heavy (non-hydrogen) atoms. The van der Waals surface area contributed by atoms with Gasteiger partial charge in [-0.25, -0.2) is 4.52 Å². The molecule has 0 atom stereocenters. The second-order valence-electron chi connectivity index (χ2n) is 7.49. The van der Waals surface area contributed by atoms with Crippen LogP contribution in [0.3, 0.4) is 0 Å². The molecule has 5 aromatic rings. The summed E-state index contributed by atoms with van der Waals surface area (Å²) in [7, 11) is 0. The van der Waals surface area contributed by atoms with Crippen LogP contribution in [0.5, 0.6) is 11.5 Å². The molecule has 9 heteroatoms. The van der Waals surface area contributed by atoms with Gasteiger partial charge in [-0.3, -0.25) is 4.79 Å². The Labute approximate surface area is 181 Å². The number of aryl methyl sites for hydroxylation is 1. The molecule has 0 fully saturated rings. The molecule has 0 radical (unpaired) electrons. The minimum atomic E-state index is -0.206. The highest BCUT2D eigenvalue weighted by Gasteiger charge is 2.17. The lowest BCUT2D eigenvalue weighted by Crippen LogP contribution is -2.21. The summed E-state index contributed by atoms with van der Waals surface area (Å²) in [5, 5.41) is 8.59. The zero-order chi connectivity index (χ0) is 21.7. The zero-order valence-electron chi connectivity index (χ0n) is 17.1. The van der Waals surface area contributed by atoms with Gasteiger partial charge in [-0.15, -0.1) is 0 Å². The van der Waals surface area contributed by atoms with Crippen LogP contribution in [0.2, 0.25) is 0 Å². The lowest BCUT2D eigenvalue weighted by Gasteiger charge is -2.02. The maximum absolute atomic E-state index is 13.1. The van der Waals surface area contributed by atoms with Crippen LogP contribution in [0.4, 0.5) is 0 Å². The van der Waals surface area contributed by atoms with Gasteiger partial charge in [0.15, 0.2) is 11.5 Å². The number of hydrogen-bond donors (Lipinski definition) is 0. The first kappa shape index (κ1) is 18.4. The lowest BCUT2D eigenvalue weighted by molar-refractivity contribution is 0.174. The van der Waals surface area contributed by atoms with Crippen molar-refractivity contribution in [2.24, 2.45) is 0 Å². The predicted octanol–water partition coefficient (Wildman–Crippen LogP) is 3.30. The van der Waals surface area contributed by atoms with E-state index in [-0.39, 0.29) is 18.9 Å². The van der Waals surface area contributed by atoms with Crippen LogP contribution in [0, 0.1) is 6.92 Å². The van der Waals surface area contributed by atoms with Crippen LogP contribution in [-0.2, 0) is 6.54 Å². The molecule has 4 heterocycles. The standard InChI is InChI=1S/C23H17N5O4/c1-14-4-2-3-5-16(14)22-24-21(32-26-22)12-27-8-9-28-18(23(27)29)11-17(25-28)15-6-7-19-20(10-15)31-13-30-19/h2-11H,12-13H2,1H3. The van der Waals surface area contributed by atoms with E-state index >= 15 is 0 Å². The van der Waals surface area contributed by atoms with Crippen LogP contribution in [0.1, 0.15) is 11.5 Å². The first-order valence-corrected chi connectivity index (χ1v) is 10.0. The van der Waals surface area contributed by atoms with Crippen molar-refractivity contribution in [3.63, 3.8) is 0 Å². The summed E-state index contributed by atoms with van der Waals surface area (Å²) in [5.41, 5.74) is 3.69. The van der Waals surface area contributed by atoms with Crippen LogP contribution in [0.15, 0.2) is 70.2 Å². The molecule has 1 aliphatic rings. The number of nitrogens with zero attached hydrogens (tertiary/aromatic N) is 5. The van der Waals surface area contributed by atoms with Gasteiger partial charge in [-0.1, -0.05) is 29.4 Å². The number of aromatic nitrogens is 5. The molecular weight excluding hydrogens is 410 g/mol. The Morgan fingerprint density at radius 1 is 1.03 bits per heavy atom. The molecule has 0 spiro atoms. The predicted molar refractivity (Wildman–Crippen MR) is 115 cm³/mol. The topological polar surface area (TPSA) is 96.7 Å². The molecule has 0 aliphatic carbocycles. The highest BCUT2D eigenvalue weighted by Crippen LogP contribution is 2.35. The third kappa shape index (κ3) is 3.02. The third-order valence-corrected chi connectivity index (χ3v) is 5.43. The van der Waals surface area contributed by atoms with Crippen molar-refractivity contribution in [1.82, 2.24) is 24.3 Å². The molecule has 0 saturated carbocycles. The minimum Gasteiger partial charge on any atom is -0.454 e. The van der Waals surface area contributed by atoms with Gasteiger partial charge < -0.3 is 18.6 Å². The Kier molecular flexibility index (Phi) is 4.07. The van der Waals surface area contributed by atoms with E-state index < -0.39 is 0 Å². The molecule has 1 aliphatic heterocycles. The first-order valence-electron chi connectivity index (χ1n) is 10.0. The van der Waals surface area contributed by atoms with E-state index in [4.69, 9.17) is 14.0 Å². The van der Waals surface area contributed by atoms with Crippen molar-refractivity contribution in [3.8, 4) is 34.1 Å². The van der Waals surface area contributed by atoms with Gasteiger partial charge in [0.05, 0.1) is 5.69 Å². The molecule has 2 aromatic carbocycles. The van der Waals surface area contributed by atoms with Gasteiger partial charge in [-0.05, 0) is 36.8 Å². The van der Waals surface area contributed by atoms with Crippen LogP contribution in [0.25, 0.3) is 28.2 Å². The molecule has 0 saturated heterocycles. The molecule has 3 aromatic heterocycles. The Morgan fingerprint density at radius 3 is 2.81 bits per heavy atom. The Morgan fingerprint density at radius 2 is 1.91 bits per heavy atom. The first-order chi connectivity index (χ1) is 15.7. The summed E-state index contributed by atoms with van der Waals surface area (Å²) in [6, 6.07) is 15.1. The number of benzene rings is 2. The van der Waals surface area contributed by atoms with Crippen molar-refractivity contribution in [3.05, 3.63) is 82.7 Å². The largest absolute Gasteiger partial charge is 0.454 e. The number of fused-ring (bicyclic) bond motifs is 2. The molecular formula is C23H17N5O4. The summed E-state index contributed by atoms with van der Waals surface area (Å²) in [4.78, 5) is 17.5. The van der Waals surface area contributed by atoms with Gasteiger partial charge in [0, 0.05) is 23.5 Å². The van der Waals surface area contributed by atoms with Gasteiger partial charge in [0.25, 0.3) is 5.56 Å². The van der Waals surface area contributed by atoms with Gasteiger partial charge in [0.1, 0.15) is 12.1 Å². The van der Waals surface area contributed by atoms with Crippen LogP contribution < -0.4 is 15.0 Å². The van der Waals surface area contributed by atoms with E-state index in [2.05, 4.69) is 15.2 Å². The second-order valence-corrected chi connectivity index (χ2v) is 7.49. The quantitative estimate of drug-likeness (QED) is 0.434. The number of rotatable bonds is 4. The smallest absolute Gasteiger partial charge is 0.277 e. The summed E-state index contributed by atoms with van der Waals surface area (Å²) in [6.07, 6.45) is 3.38. The monoisotopic (exact) mass is 427 g/mol. The molecule has 0 N–H and O–H groups in total. The summed E-state index contributed by atoms with van der Waals surface area (Å²) >= 11 is 0. The average Bonchev–Trinajstić information content (AvgIpc) is 3.55. The maximum atomic E-state index is 13.1. The van der Waals surface area contributed by atoms with E-state index in [1.54, 1.807) is 23.0 Å². The van der Waals surface area contributed by atoms with Crippen molar-refractivity contribution in [2.75, 3.05) is 6.79 Å². The SMILES string of the molecule is Cc1ccccc1-c1noc(Cn2ccn3nc(-c4ccc5c(c4)OCO5)cc3c2=O)n1. The highest BCUT2D eigenvalue weighted by atomic mass is 16.7. The van der Waals surface area contributed by atoms with E-state index in [0.717, 1.165) is 16.7 Å². The number of ether oxygens (including phenoxy) is 2. The molecule has 0 bridgehead atoms. The van der Waals surface area contributed by atoms with E-state index in [1.165, 1.54) is 4.57 Å². The van der Waals surface area contributed by atoms with Gasteiger partial charge in [-0.2, -0.15) is 10.1 Å². The average molecular weight is 427 g/mol. The maximum Gasteiger partial charge on any atom is 0.277 e. The van der Waals surface area contributed by atoms with E-state index in [0.29, 0.717) is 34.4 Å². The van der Waals surface area contributed by atoms with E-state index in [9.17, 15) is 4.79 Å². The third-order valence-electron chi connectivity index (χ3n) is 5.43. The van der Waals surface area contributed by atoms with Crippen LogP contribution in [-0.4, -0.2) is 31.1 Å². The minimum absolute atomic E-state index is 0.165. The fourth-order valence-corrected chi connectivity index (χ4v) is 3.75. The van der Waals surface area contributed by atoms with Crippen molar-refractivity contribution in [2.45, 2.75) is 13.5 Å². The lowest BCUT2D eigenvalue weighted by atomic mass is 10.1. The van der Waals surface area contributed by atoms with Gasteiger partial charge in [0.2, 0.25) is 18.5 Å². The van der Waals surface area contributed by atoms with Crippen molar-refractivity contribution < 1.29 is 14.0 Å². The normalized spacial score (nSPS) is 12.5. The molecule has 158 valence electrons. The fourth-order valence-electron chi connectivity index (χ4n) is 3.75. The van der Waals surface area contributed by atoms with Crippen LogP contribution >= 0.6 is 0 Å². The fraction of sp³-hybridized carbons (Fsp3) is 0.130. The Balaban J connectivity index is 1.32. The Hall–Kier alpha value is -4.40. The summed E-state index contributed by atoms with van der Waals surface area (Å²) < 4.78 is 19.3. The molecule has 6 rings (SSSR count). The highest BCUT2D eigenvalue weighted by molar-refractivity contribution is 5.68.